The van der Waals surface area contributed by atoms with Crippen molar-refractivity contribution in [2.75, 3.05) is 13.7 Å². The molecule has 0 aromatic heterocycles. The lowest BCUT2D eigenvalue weighted by Crippen LogP contribution is -2.66. The Morgan fingerprint density at radius 3 is 2.47 bits per heavy atom. The van der Waals surface area contributed by atoms with Crippen molar-refractivity contribution < 1.29 is 43.4 Å². The summed E-state index contributed by atoms with van der Waals surface area (Å²) in [6, 6.07) is 6.55. The van der Waals surface area contributed by atoms with E-state index in [0.717, 1.165) is 12.1 Å². The third-order valence-corrected chi connectivity index (χ3v) is 5.19. The second-order valence-corrected chi connectivity index (χ2v) is 7.42. The third kappa shape index (κ3) is 3.99. The zero-order chi connectivity index (χ0) is 22.2. The van der Waals surface area contributed by atoms with Gasteiger partial charge in [0.05, 0.1) is 13.7 Å². The minimum Gasteiger partial charge on any atom is -0.493 e. The summed E-state index contributed by atoms with van der Waals surface area (Å²) >= 11 is 0. The van der Waals surface area contributed by atoms with Gasteiger partial charge in [0, 0.05) is 11.6 Å². The number of benzene rings is 2. The maximum atomic E-state index is 14.0. The summed E-state index contributed by atoms with van der Waals surface area (Å²) in [7, 11) is 1.28. The Morgan fingerprint density at radius 1 is 1.17 bits per heavy atom. The monoisotopic (exact) mass is 426 g/mol. The Balaban J connectivity index is 1.92. The summed E-state index contributed by atoms with van der Waals surface area (Å²) in [4.78, 5) is 0. The van der Waals surface area contributed by atoms with Gasteiger partial charge in [0.15, 0.2) is 17.2 Å². The van der Waals surface area contributed by atoms with E-state index in [-0.39, 0.29) is 17.1 Å². The van der Waals surface area contributed by atoms with Crippen LogP contribution in [0.15, 0.2) is 30.3 Å². The molecule has 0 saturated carbocycles. The van der Waals surface area contributed by atoms with E-state index in [9.17, 15) is 29.2 Å². The maximum Gasteiger partial charge on any atom is 0.231 e. The van der Waals surface area contributed by atoms with Gasteiger partial charge in [-0.05, 0) is 43.2 Å². The highest BCUT2D eigenvalue weighted by atomic mass is 19.1. The van der Waals surface area contributed by atoms with Crippen molar-refractivity contribution in [3.8, 4) is 22.6 Å². The number of ether oxygens (including phenoxy) is 3. The lowest BCUT2D eigenvalue weighted by molar-refractivity contribution is -0.314. The van der Waals surface area contributed by atoms with Crippen molar-refractivity contribution in [3.05, 3.63) is 47.5 Å². The molecule has 0 radical (unpaired) electrons. The van der Waals surface area contributed by atoms with E-state index in [0.29, 0.717) is 11.1 Å². The van der Waals surface area contributed by atoms with Crippen molar-refractivity contribution in [1.29, 1.82) is 0 Å². The first-order chi connectivity index (χ1) is 14.1. The molecule has 1 heterocycles. The van der Waals surface area contributed by atoms with Crippen molar-refractivity contribution in [2.45, 2.75) is 44.1 Å². The number of hydrogen-bond acceptors (Lipinski definition) is 7. The summed E-state index contributed by atoms with van der Waals surface area (Å²) in [5, 5.41) is 40.0. The normalized spacial score (nSPS) is 29.0. The van der Waals surface area contributed by atoms with Crippen LogP contribution in [0, 0.1) is 18.6 Å². The molecule has 0 bridgehead atoms. The van der Waals surface area contributed by atoms with Gasteiger partial charge in [-0.15, -0.1) is 0 Å². The highest BCUT2D eigenvalue weighted by Crippen LogP contribution is 2.37. The third-order valence-electron chi connectivity index (χ3n) is 5.19. The summed E-state index contributed by atoms with van der Waals surface area (Å²) in [6.07, 6.45) is -5.65. The standard InChI is InChI=1S/C21H24F2O7/c1-10-6-11(13-7-12(22)8-14(23)18(13)28-3)4-5-15(10)29-20-21(2,27)19(26)17(25)16(9-24)30-20/h4-8,16-17,19-20,24-27H,9H2,1-3H3/t16-,17-,19+,20+,21+/m1/s1. The van der Waals surface area contributed by atoms with Gasteiger partial charge in [0.1, 0.15) is 29.9 Å². The molecule has 5 atom stereocenters. The van der Waals surface area contributed by atoms with E-state index in [1.54, 1.807) is 19.1 Å². The van der Waals surface area contributed by atoms with Crippen LogP contribution in [0.5, 0.6) is 11.5 Å². The van der Waals surface area contributed by atoms with Crippen molar-refractivity contribution in [3.63, 3.8) is 0 Å². The molecule has 0 spiro atoms. The van der Waals surface area contributed by atoms with Crippen LogP contribution in [0.25, 0.3) is 11.1 Å². The molecule has 3 rings (SSSR count). The van der Waals surface area contributed by atoms with Crippen LogP contribution in [0.1, 0.15) is 12.5 Å². The van der Waals surface area contributed by atoms with Crippen LogP contribution >= 0.6 is 0 Å². The molecule has 0 aliphatic carbocycles. The molecule has 9 heteroatoms. The average molecular weight is 426 g/mol. The molecule has 0 unspecified atom stereocenters. The first-order valence-electron chi connectivity index (χ1n) is 9.25. The van der Waals surface area contributed by atoms with Gasteiger partial charge in [-0.1, -0.05) is 6.07 Å². The van der Waals surface area contributed by atoms with Crippen LogP contribution in [-0.4, -0.2) is 64.3 Å². The number of aryl methyl sites for hydroxylation is 1. The zero-order valence-electron chi connectivity index (χ0n) is 16.7. The summed E-state index contributed by atoms with van der Waals surface area (Å²) in [5.74, 6) is -1.43. The molecular weight excluding hydrogens is 402 g/mol. The lowest BCUT2D eigenvalue weighted by Gasteiger charge is -2.45. The van der Waals surface area contributed by atoms with Gasteiger partial charge in [0.25, 0.3) is 0 Å². The fourth-order valence-corrected chi connectivity index (χ4v) is 3.41. The Morgan fingerprint density at radius 2 is 1.87 bits per heavy atom. The quantitative estimate of drug-likeness (QED) is 0.574. The maximum absolute atomic E-state index is 14.0. The number of hydrogen-bond donors (Lipinski definition) is 4. The smallest absolute Gasteiger partial charge is 0.231 e. The fraction of sp³-hybridized carbons (Fsp3) is 0.429. The SMILES string of the molecule is COc1c(F)cc(F)cc1-c1ccc(O[C@H]2O[C@H](CO)[C@@H](O)[C@H](O)[C@]2(C)O)c(C)c1. The van der Waals surface area contributed by atoms with Crippen molar-refractivity contribution in [1.82, 2.24) is 0 Å². The molecule has 4 N–H and O–H groups in total. The Hall–Kier alpha value is -2.30. The highest BCUT2D eigenvalue weighted by molar-refractivity contribution is 5.72. The summed E-state index contributed by atoms with van der Waals surface area (Å²) < 4.78 is 43.9. The fourth-order valence-electron chi connectivity index (χ4n) is 3.41. The summed E-state index contributed by atoms with van der Waals surface area (Å²) in [5.41, 5.74) is -0.746. The molecule has 7 nitrogen and oxygen atoms in total. The molecule has 164 valence electrons. The second kappa shape index (κ2) is 8.44. The van der Waals surface area contributed by atoms with Crippen LogP contribution in [0.3, 0.4) is 0 Å². The molecule has 2 aromatic rings. The molecule has 2 aromatic carbocycles. The van der Waals surface area contributed by atoms with Crippen molar-refractivity contribution >= 4 is 0 Å². The summed E-state index contributed by atoms with van der Waals surface area (Å²) in [6.45, 7) is 2.33. The Labute approximate surface area is 172 Å². The van der Waals surface area contributed by atoms with Crippen LogP contribution in [-0.2, 0) is 4.74 Å². The lowest BCUT2D eigenvalue weighted by atomic mass is 9.88. The van der Waals surface area contributed by atoms with Gasteiger partial charge in [-0.3, -0.25) is 0 Å². The average Bonchev–Trinajstić information content (AvgIpc) is 2.69. The number of aliphatic hydroxyl groups excluding tert-OH is 3. The number of aliphatic hydroxyl groups is 4. The predicted molar refractivity (Wildman–Crippen MR) is 102 cm³/mol. The van der Waals surface area contributed by atoms with E-state index in [2.05, 4.69) is 0 Å². The topological polar surface area (TPSA) is 109 Å². The Bertz CT molecular complexity index is 918. The van der Waals surface area contributed by atoms with E-state index in [1.165, 1.54) is 20.1 Å². The predicted octanol–water partition coefficient (Wildman–Crippen LogP) is 1.52. The number of methoxy groups -OCH3 is 1. The first-order valence-corrected chi connectivity index (χ1v) is 9.25. The van der Waals surface area contributed by atoms with Gasteiger partial charge in [-0.25, -0.2) is 8.78 Å². The highest BCUT2D eigenvalue weighted by Gasteiger charge is 2.53. The molecule has 30 heavy (non-hydrogen) atoms. The van der Waals surface area contributed by atoms with E-state index in [4.69, 9.17) is 14.2 Å². The molecule has 1 fully saturated rings. The molecule has 0 amide bonds. The van der Waals surface area contributed by atoms with E-state index >= 15 is 0 Å². The molecular formula is C21H24F2O7. The van der Waals surface area contributed by atoms with Crippen LogP contribution in [0.2, 0.25) is 0 Å². The minimum absolute atomic E-state index is 0.106. The van der Waals surface area contributed by atoms with E-state index < -0.39 is 48.4 Å². The minimum atomic E-state index is -1.97. The zero-order valence-corrected chi connectivity index (χ0v) is 16.7. The van der Waals surface area contributed by atoms with Crippen LogP contribution in [0.4, 0.5) is 8.78 Å². The largest absolute Gasteiger partial charge is 0.493 e. The van der Waals surface area contributed by atoms with Gasteiger partial charge in [0.2, 0.25) is 6.29 Å². The molecule has 1 saturated heterocycles. The first kappa shape index (κ1) is 22.4. The Kier molecular flexibility index (Phi) is 6.30. The number of halogens is 2. The molecule has 1 aliphatic rings. The number of rotatable bonds is 5. The van der Waals surface area contributed by atoms with Crippen LogP contribution < -0.4 is 9.47 Å². The van der Waals surface area contributed by atoms with Crippen molar-refractivity contribution in [2.24, 2.45) is 0 Å². The van der Waals surface area contributed by atoms with E-state index in [1.807, 2.05) is 0 Å². The molecule has 1 aliphatic heterocycles. The van der Waals surface area contributed by atoms with Gasteiger partial charge in [-0.2, -0.15) is 0 Å². The van der Waals surface area contributed by atoms with Gasteiger partial charge < -0.3 is 34.6 Å². The van der Waals surface area contributed by atoms with Gasteiger partial charge >= 0.3 is 0 Å². The second-order valence-electron chi connectivity index (χ2n) is 7.42.